The van der Waals surface area contributed by atoms with Gasteiger partial charge in [-0.3, -0.25) is 4.79 Å². The van der Waals surface area contributed by atoms with Crippen LogP contribution in [0.4, 0.5) is 5.69 Å². The monoisotopic (exact) mass is 347 g/mol. The van der Waals surface area contributed by atoms with E-state index in [0.717, 1.165) is 22.6 Å². The van der Waals surface area contributed by atoms with Crippen LogP contribution in [0.2, 0.25) is 0 Å². The first-order chi connectivity index (χ1) is 12.3. The van der Waals surface area contributed by atoms with Crippen molar-refractivity contribution < 1.29 is 4.79 Å². The van der Waals surface area contributed by atoms with Crippen LogP contribution in [-0.4, -0.2) is 5.91 Å². The van der Waals surface area contributed by atoms with Crippen LogP contribution in [0, 0.1) is 0 Å². The van der Waals surface area contributed by atoms with Crippen LogP contribution in [0.3, 0.4) is 0 Å². The molecule has 3 aromatic carbocycles. The fraction of sp³-hybridized carbons (Fsp3) is 0.136. The number of thioether (sulfide) groups is 1. The third-order valence-electron chi connectivity index (χ3n) is 3.97. The molecule has 1 N–H and O–H groups in total. The zero-order valence-electron chi connectivity index (χ0n) is 14.2. The molecule has 2 nitrogen and oxygen atoms in total. The molecule has 0 aliphatic carbocycles. The number of benzene rings is 3. The Morgan fingerprint density at radius 1 is 0.880 bits per heavy atom. The van der Waals surface area contributed by atoms with Crippen molar-refractivity contribution in [2.75, 3.05) is 5.32 Å². The van der Waals surface area contributed by atoms with Crippen molar-refractivity contribution in [1.29, 1.82) is 0 Å². The molecule has 0 heterocycles. The predicted molar refractivity (Wildman–Crippen MR) is 106 cm³/mol. The van der Waals surface area contributed by atoms with Gasteiger partial charge in [-0.15, -0.1) is 11.8 Å². The molecule has 0 saturated carbocycles. The number of hydrogen-bond donors (Lipinski definition) is 1. The van der Waals surface area contributed by atoms with E-state index >= 15 is 0 Å². The molecule has 3 heteroatoms. The number of aryl methyl sites for hydroxylation is 1. The maximum atomic E-state index is 12.9. The van der Waals surface area contributed by atoms with Gasteiger partial charge in [0, 0.05) is 10.6 Å². The van der Waals surface area contributed by atoms with Gasteiger partial charge in [0.05, 0.1) is 0 Å². The second-order valence-electron chi connectivity index (χ2n) is 5.76. The number of amides is 1. The van der Waals surface area contributed by atoms with Crippen molar-refractivity contribution >= 4 is 23.4 Å². The van der Waals surface area contributed by atoms with Crippen molar-refractivity contribution in [2.45, 2.75) is 23.5 Å². The third-order valence-corrected chi connectivity index (χ3v) is 5.23. The van der Waals surface area contributed by atoms with E-state index in [2.05, 4.69) is 24.4 Å². The Kier molecular flexibility index (Phi) is 5.91. The molecule has 0 aliphatic rings. The van der Waals surface area contributed by atoms with Gasteiger partial charge in [0.1, 0.15) is 5.25 Å². The Morgan fingerprint density at radius 3 is 2.08 bits per heavy atom. The number of carbonyl (C=O) groups excluding carboxylic acids is 1. The van der Waals surface area contributed by atoms with E-state index < -0.39 is 0 Å². The zero-order chi connectivity index (χ0) is 17.5. The lowest BCUT2D eigenvalue weighted by Crippen LogP contribution is -2.19. The molecule has 1 atom stereocenters. The minimum absolute atomic E-state index is 0.00991. The van der Waals surface area contributed by atoms with E-state index in [1.807, 2.05) is 72.8 Å². The first-order valence-electron chi connectivity index (χ1n) is 8.42. The molecule has 0 aliphatic heterocycles. The van der Waals surface area contributed by atoms with Gasteiger partial charge in [0.25, 0.3) is 0 Å². The SMILES string of the molecule is CCc1ccc(NC(=O)[C@@H](Sc2ccccc2)c2ccccc2)cc1. The molecule has 0 bridgehead atoms. The summed E-state index contributed by atoms with van der Waals surface area (Å²) < 4.78 is 0. The van der Waals surface area contributed by atoms with Crippen LogP contribution in [0.25, 0.3) is 0 Å². The fourth-order valence-electron chi connectivity index (χ4n) is 2.57. The second kappa shape index (κ2) is 8.54. The quantitative estimate of drug-likeness (QED) is 0.578. The van der Waals surface area contributed by atoms with Gasteiger partial charge in [-0.1, -0.05) is 67.6 Å². The summed E-state index contributed by atoms with van der Waals surface area (Å²) in [6.45, 7) is 2.12. The Balaban J connectivity index is 1.81. The lowest BCUT2D eigenvalue weighted by Gasteiger charge is -2.17. The van der Waals surface area contributed by atoms with Crippen LogP contribution < -0.4 is 5.32 Å². The van der Waals surface area contributed by atoms with E-state index in [4.69, 9.17) is 0 Å². The summed E-state index contributed by atoms with van der Waals surface area (Å²) in [5, 5.41) is 2.76. The molecule has 0 radical (unpaired) electrons. The smallest absolute Gasteiger partial charge is 0.242 e. The number of nitrogens with one attached hydrogen (secondary N) is 1. The first kappa shape index (κ1) is 17.3. The maximum Gasteiger partial charge on any atom is 0.242 e. The van der Waals surface area contributed by atoms with E-state index in [-0.39, 0.29) is 11.2 Å². The summed E-state index contributed by atoms with van der Waals surface area (Å²) in [5.74, 6) is -0.00991. The van der Waals surface area contributed by atoms with Crippen LogP contribution in [0.5, 0.6) is 0 Å². The first-order valence-corrected chi connectivity index (χ1v) is 9.30. The topological polar surface area (TPSA) is 29.1 Å². The number of carbonyl (C=O) groups is 1. The van der Waals surface area contributed by atoms with Gasteiger partial charge in [-0.05, 0) is 41.8 Å². The Bertz CT molecular complexity index is 800. The lowest BCUT2D eigenvalue weighted by molar-refractivity contribution is -0.115. The highest BCUT2D eigenvalue weighted by atomic mass is 32.2. The second-order valence-corrected chi connectivity index (χ2v) is 6.94. The van der Waals surface area contributed by atoms with Crippen molar-refractivity contribution in [2.24, 2.45) is 0 Å². The highest BCUT2D eigenvalue weighted by Gasteiger charge is 2.22. The van der Waals surface area contributed by atoms with Crippen molar-refractivity contribution in [3.63, 3.8) is 0 Å². The lowest BCUT2D eigenvalue weighted by atomic mass is 10.1. The van der Waals surface area contributed by atoms with Crippen LogP contribution in [-0.2, 0) is 11.2 Å². The molecule has 0 aromatic heterocycles. The summed E-state index contributed by atoms with van der Waals surface area (Å²) in [6, 6.07) is 28.0. The molecule has 0 spiro atoms. The molecule has 0 unspecified atom stereocenters. The van der Waals surface area contributed by atoms with Gasteiger partial charge in [-0.25, -0.2) is 0 Å². The van der Waals surface area contributed by atoms with Gasteiger partial charge >= 0.3 is 0 Å². The molecular formula is C22H21NOS. The molecule has 3 aromatic rings. The minimum atomic E-state index is -0.297. The average Bonchev–Trinajstić information content (AvgIpc) is 2.68. The molecule has 3 rings (SSSR count). The molecule has 25 heavy (non-hydrogen) atoms. The third kappa shape index (κ3) is 4.74. The zero-order valence-corrected chi connectivity index (χ0v) is 15.0. The minimum Gasteiger partial charge on any atom is -0.325 e. The number of rotatable bonds is 6. The Hall–Kier alpha value is -2.52. The average molecular weight is 347 g/mol. The molecule has 0 fully saturated rings. The summed E-state index contributed by atoms with van der Waals surface area (Å²) in [6.07, 6.45) is 0.991. The van der Waals surface area contributed by atoms with Crippen LogP contribution >= 0.6 is 11.8 Å². The standard InChI is InChI=1S/C22H21NOS/c1-2-17-13-15-19(16-14-17)23-22(24)21(18-9-5-3-6-10-18)25-20-11-7-4-8-12-20/h3-16,21H,2H2,1H3,(H,23,24)/t21-/m0/s1. The summed E-state index contributed by atoms with van der Waals surface area (Å²) in [7, 11) is 0. The van der Waals surface area contributed by atoms with Gasteiger partial charge < -0.3 is 5.32 Å². The highest BCUT2D eigenvalue weighted by Crippen LogP contribution is 2.36. The van der Waals surface area contributed by atoms with E-state index in [0.29, 0.717) is 0 Å². The summed E-state index contributed by atoms with van der Waals surface area (Å²) in [5.41, 5.74) is 3.09. The number of hydrogen-bond acceptors (Lipinski definition) is 2. The van der Waals surface area contributed by atoms with E-state index in [1.165, 1.54) is 5.56 Å². The Morgan fingerprint density at radius 2 is 1.48 bits per heavy atom. The van der Waals surface area contributed by atoms with Gasteiger partial charge in [-0.2, -0.15) is 0 Å². The van der Waals surface area contributed by atoms with Gasteiger partial charge in [0.2, 0.25) is 5.91 Å². The van der Waals surface area contributed by atoms with Crippen LogP contribution in [0.1, 0.15) is 23.3 Å². The normalized spacial score (nSPS) is 11.7. The van der Waals surface area contributed by atoms with Crippen molar-refractivity contribution in [3.8, 4) is 0 Å². The van der Waals surface area contributed by atoms with Crippen LogP contribution in [0.15, 0.2) is 89.8 Å². The summed E-state index contributed by atoms with van der Waals surface area (Å²) in [4.78, 5) is 14.0. The molecule has 0 saturated heterocycles. The maximum absolute atomic E-state index is 12.9. The predicted octanol–water partition coefficient (Wildman–Crippen LogP) is 5.72. The fourth-order valence-corrected chi connectivity index (χ4v) is 3.61. The molecule has 126 valence electrons. The van der Waals surface area contributed by atoms with Gasteiger partial charge in [0.15, 0.2) is 0 Å². The van der Waals surface area contributed by atoms with E-state index in [1.54, 1.807) is 11.8 Å². The number of anilines is 1. The Labute approximate surface area is 153 Å². The molecular weight excluding hydrogens is 326 g/mol. The largest absolute Gasteiger partial charge is 0.325 e. The van der Waals surface area contributed by atoms with E-state index in [9.17, 15) is 4.79 Å². The molecule has 1 amide bonds. The summed E-state index contributed by atoms with van der Waals surface area (Å²) >= 11 is 1.56. The highest BCUT2D eigenvalue weighted by molar-refractivity contribution is 8.00. The van der Waals surface area contributed by atoms with Crippen molar-refractivity contribution in [3.05, 3.63) is 96.1 Å². The van der Waals surface area contributed by atoms with Crippen molar-refractivity contribution in [1.82, 2.24) is 0 Å².